The monoisotopic (exact) mass is 393 g/mol. The number of hydrogen-bond acceptors (Lipinski definition) is 3. The molecule has 0 aromatic heterocycles. The van der Waals surface area contributed by atoms with Crippen LogP contribution in [-0.2, 0) is 21.1 Å². The van der Waals surface area contributed by atoms with Gasteiger partial charge in [0.1, 0.15) is 0 Å². The number of amides is 1. The SMILES string of the molecule is O=C(Cc1c(Cl)cccc1Cl)Nc1ccccc1S(=O)(=O)C(F)F. The number of rotatable bonds is 5. The quantitative estimate of drug-likeness (QED) is 0.828. The Bertz CT molecular complexity index is 853. The molecule has 0 fully saturated rings. The second-order valence-electron chi connectivity index (χ2n) is 4.73. The first-order valence-corrected chi connectivity index (χ1v) is 8.87. The number of para-hydroxylation sites is 1. The number of halogens is 4. The molecule has 4 nitrogen and oxygen atoms in total. The third-order valence-corrected chi connectivity index (χ3v) is 5.25. The molecule has 0 heterocycles. The van der Waals surface area contributed by atoms with Gasteiger partial charge >= 0.3 is 5.76 Å². The van der Waals surface area contributed by atoms with Crippen molar-refractivity contribution in [3.8, 4) is 0 Å². The zero-order chi connectivity index (χ0) is 17.9. The van der Waals surface area contributed by atoms with E-state index >= 15 is 0 Å². The maximum atomic E-state index is 12.7. The fourth-order valence-electron chi connectivity index (χ4n) is 1.97. The average Bonchev–Trinajstić information content (AvgIpc) is 2.51. The Morgan fingerprint density at radius 2 is 1.62 bits per heavy atom. The topological polar surface area (TPSA) is 63.2 Å². The van der Waals surface area contributed by atoms with Crippen molar-refractivity contribution in [2.45, 2.75) is 17.1 Å². The van der Waals surface area contributed by atoms with E-state index in [1.807, 2.05) is 0 Å². The average molecular weight is 394 g/mol. The Labute approximate surface area is 147 Å². The molecule has 0 aliphatic rings. The highest BCUT2D eigenvalue weighted by atomic mass is 35.5. The van der Waals surface area contributed by atoms with E-state index in [-0.39, 0.29) is 22.2 Å². The summed E-state index contributed by atoms with van der Waals surface area (Å²) in [6.45, 7) is 0. The standard InChI is InChI=1S/C15H11Cl2F2NO3S/c16-10-4-3-5-11(17)9(10)8-14(21)20-12-6-1-2-7-13(12)24(22,23)15(18)19/h1-7,15H,8H2,(H,20,21). The maximum Gasteiger partial charge on any atom is 0.341 e. The molecule has 2 rings (SSSR count). The first-order chi connectivity index (χ1) is 11.2. The molecule has 0 atom stereocenters. The minimum Gasteiger partial charge on any atom is -0.325 e. The lowest BCUT2D eigenvalue weighted by Crippen LogP contribution is -2.19. The van der Waals surface area contributed by atoms with Crippen molar-refractivity contribution in [3.63, 3.8) is 0 Å². The van der Waals surface area contributed by atoms with Gasteiger partial charge in [-0.05, 0) is 29.8 Å². The van der Waals surface area contributed by atoms with Gasteiger partial charge in [-0.15, -0.1) is 0 Å². The molecule has 0 aliphatic heterocycles. The summed E-state index contributed by atoms with van der Waals surface area (Å²) in [6.07, 6.45) is -0.235. The summed E-state index contributed by atoms with van der Waals surface area (Å²) in [5.74, 6) is -4.23. The molecular weight excluding hydrogens is 383 g/mol. The van der Waals surface area contributed by atoms with Crippen LogP contribution in [0.5, 0.6) is 0 Å². The Kier molecular flexibility index (Phi) is 5.79. The van der Waals surface area contributed by atoms with Crippen LogP contribution in [0.15, 0.2) is 47.4 Å². The van der Waals surface area contributed by atoms with E-state index in [0.717, 1.165) is 6.07 Å². The first kappa shape index (κ1) is 18.6. The van der Waals surface area contributed by atoms with E-state index in [4.69, 9.17) is 23.2 Å². The second kappa shape index (κ2) is 7.46. The molecule has 0 aliphatic carbocycles. The van der Waals surface area contributed by atoms with Crippen molar-refractivity contribution in [2.75, 3.05) is 5.32 Å². The maximum absolute atomic E-state index is 12.7. The van der Waals surface area contributed by atoms with Crippen LogP contribution in [0.4, 0.5) is 14.5 Å². The molecule has 1 N–H and O–H groups in total. The van der Waals surface area contributed by atoms with E-state index < -0.39 is 26.4 Å². The van der Waals surface area contributed by atoms with E-state index in [0.29, 0.717) is 5.56 Å². The molecule has 1 amide bonds. The van der Waals surface area contributed by atoms with E-state index in [1.165, 1.54) is 18.2 Å². The molecule has 0 spiro atoms. The summed E-state index contributed by atoms with van der Waals surface area (Å²) in [7, 11) is -4.84. The number of benzene rings is 2. The zero-order valence-electron chi connectivity index (χ0n) is 12.0. The molecule has 2 aromatic rings. The van der Waals surface area contributed by atoms with Gasteiger partial charge < -0.3 is 5.32 Å². The lowest BCUT2D eigenvalue weighted by atomic mass is 10.1. The summed E-state index contributed by atoms with van der Waals surface area (Å²) in [5.41, 5.74) is 0.124. The van der Waals surface area contributed by atoms with E-state index in [2.05, 4.69) is 5.32 Å². The lowest BCUT2D eigenvalue weighted by molar-refractivity contribution is -0.115. The van der Waals surface area contributed by atoms with Gasteiger partial charge in [-0.1, -0.05) is 41.4 Å². The molecule has 2 aromatic carbocycles. The molecule has 24 heavy (non-hydrogen) atoms. The fraction of sp³-hybridized carbons (Fsp3) is 0.133. The van der Waals surface area contributed by atoms with Crippen LogP contribution >= 0.6 is 23.2 Å². The van der Waals surface area contributed by atoms with Gasteiger partial charge in [-0.25, -0.2) is 8.42 Å². The Morgan fingerprint density at radius 1 is 1.04 bits per heavy atom. The number of carbonyl (C=O) groups is 1. The normalized spacial score (nSPS) is 11.5. The highest BCUT2D eigenvalue weighted by Crippen LogP contribution is 2.28. The zero-order valence-corrected chi connectivity index (χ0v) is 14.3. The van der Waals surface area contributed by atoms with Crippen molar-refractivity contribution in [1.29, 1.82) is 0 Å². The van der Waals surface area contributed by atoms with Gasteiger partial charge in [0.2, 0.25) is 15.7 Å². The van der Waals surface area contributed by atoms with Gasteiger partial charge in [0.05, 0.1) is 17.0 Å². The lowest BCUT2D eigenvalue weighted by Gasteiger charge is -2.12. The third-order valence-electron chi connectivity index (χ3n) is 3.10. The molecular formula is C15H11Cl2F2NO3S. The van der Waals surface area contributed by atoms with Crippen molar-refractivity contribution >= 4 is 44.6 Å². The molecule has 0 bridgehead atoms. The Balaban J connectivity index is 2.28. The van der Waals surface area contributed by atoms with Crippen LogP contribution in [0.3, 0.4) is 0 Å². The number of nitrogens with one attached hydrogen (secondary N) is 1. The summed E-state index contributed by atoms with van der Waals surface area (Å²) in [5, 5.41) is 2.84. The fourth-order valence-corrected chi connectivity index (χ4v) is 3.39. The van der Waals surface area contributed by atoms with Gasteiger partial charge in [0, 0.05) is 10.0 Å². The van der Waals surface area contributed by atoms with Crippen LogP contribution in [0.1, 0.15) is 5.56 Å². The van der Waals surface area contributed by atoms with Crippen molar-refractivity contribution < 1.29 is 22.0 Å². The highest BCUT2D eigenvalue weighted by molar-refractivity contribution is 7.91. The summed E-state index contributed by atoms with van der Waals surface area (Å²) >= 11 is 11.9. The van der Waals surface area contributed by atoms with Crippen LogP contribution in [0.2, 0.25) is 10.0 Å². The van der Waals surface area contributed by atoms with E-state index in [1.54, 1.807) is 18.2 Å². The smallest absolute Gasteiger partial charge is 0.325 e. The van der Waals surface area contributed by atoms with Crippen LogP contribution in [0.25, 0.3) is 0 Å². The third kappa shape index (κ3) is 4.03. The minimum absolute atomic E-state index is 0.231. The summed E-state index contributed by atoms with van der Waals surface area (Å²) in [6, 6.07) is 9.63. The number of carbonyl (C=O) groups excluding carboxylic acids is 1. The van der Waals surface area contributed by atoms with E-state index in [9.17, 15) is 22.0 Å². The predicted octanol–water partition coefficient (Wildman–Crippen LogP) is 4.17. The molecule has 0 unspecified atom stereocenters. The van der Waals surface area contributed by atoms with Gasteiger partial charge in [0.25, 0.3) is 0 Å². The molecule has 128 valence electrons. The van der Waals surface area contributed by atoms with Crippen molar-refractivity contribution in [3.05, 3.63) is 58.1 Å². The van der Waals surface area contributed by atoms with Crippen molar-refractivity contribution in [1.82, 2.24) is 0 Å². The summed E-state index contributed by atoms with van der Waals surface area (Å²) < 4.78 is 48.8. The number of anilines is 1. The predicted molar refractivity (Wildman–Crippen MR) is 88.4 cm³/mol. The minimum atomic E-state index is -4.84. The largest absolute Gasteiger partial charge is 0.341 e. The van der Waals surface area contributed by atoms with Crippen LogP contribution < -0.4 is 5.32 Å². The Morgan fingerprint density at radius 3 is 2.21 bits per heavy atom. The summed E-state index contributed by atoms with van der Waals surface area (Å²) in [4.78, 5) is 11.5. The first-order valence-electron chi connectivity index (χ1n) is 6.57. The van der Waals surface area contributed by atoms with Crippen LogP contribution in [-0.4, -0.2) is 20.1 Å². The number of hydrogen-bond donors (Lipinski definition) is 1. The number of sulfone groups is 1. The molecule has 0 radical (unpaired) electrons. The molecule has 9 heteroatoms. The number of alkyl halides is 2. The van der Waals surface area contributed by atoms with Crippen LogP contribution in [0, 0.1) is 0 Å². The Hall–Kier alpha value is -1.70. The van der Waals surface area contributed by atoms with Gasteiger partial charge in [0.15, 0.2) is 0 Å². The highest BCUT2D eigenvalue weighted by Gasteiger charge is 2.29. The second-order valence-corrected chi connectivity index (χ2v) is 7.43. The van der Waals surface area contributed by atoms with Crippen molar-refractivity contribution in [2.24, 2.45) is 0 Å². The van der Waals surface area contributed by atoms with Gasteiger partial charge in [-0.3, -0.25) is 4.79 Å². The molecule has 0 saturated heterocycles. The van der Waals surface area contributed by atoms with Gasteiger partial charge in [-0.2, -0.15) is 8.78 Å². The molecule has 0 saturated carbocycles.